The van der Waals surface area contributed by atoms with Gasteiger partial charge in [-0.1, -0.05) is 135 Å². The van der Waals surface area contributed by atoms with Gasteiger partial charge in [-0.05, 0) is 19.3 Å². The summed E-state index contributed by atoms with van der Waals surface area (Å²) in [6, 6.07) is 0. The van der Waals surface area contributed by atoms with E-state index in [9.17, 15) is 5.11 Å². The smallest absolute Gasteiger partial charge is 0.0625 e. The van der Waals surface area contributed by atoms with Crippen molar-refractivity contribution in [2.24, 2.45) is 5.92 Å². The summed E-state index contributed by atoms with van der Waals surface area (Å²) in [5.74, 6) is 0.412. The van der Waals surface area contributed by atoms with Crippen LogP contribution >= 0.6 is 0 Å². The molecule has 0 bridgehead atoms. The average molecular weight is 425 g/mol. The predicted molar refractivity (Wildman–Crippen MR) is 132 cm³/mol. The fraction of sp³-hybridized carbons (Fsp3) is 1.00. The molecule has 0 unspecified atom stereocenters. The molecule has 1 aliphatic rings. The monoisotopic (exact) mass is 424 g/mol. The van der Waals surface area contributed by atoms with Gasteiger partial charge >= 0.3 is 0 Å². The molecule has 1 fully saturated rings. The quantitative estimate of drug-likeness (QED) is 0.166. The van der Waals surface area contributed by atoms with Gasteiger partial charge in [0.05, 0.1) is 6.10 Å². The Hall–Kier alpha value is -0.0800. The third kappa shape index (κ3) is 16.6. The molecule has 0 aromatic rings. The summed E-state index contributed by atoms with van der Waals surface area (Å²) in [5.41, 5.74) is 0. The van der Waals surface area contributed by atoms with Gasteiger partial charge < -0.3 is 9.84 Å². The number of aliphatic hydroxyl groups is 1. The van der Waals surface area contributed by atoms with Gasteiger partial charge in [-0.15, -0.1) is 0 Å². The van der Waals surface area contributed by atoms with Gasteiger partial charge in [0.25, 0.3) is 0 Å². The van der Waals surface area contributed by atoms with Crippen LogP contribution in [-0.4, -0.2) is 24.4 Å². The zero-order chi connectivity index (χ0) is 21.5. The lowest BCUT2D eigenvalue weighted by molar-refractivity contribution is 0.00875. The van der Waals surface area contributed by atoms with Crippen molar-refractivity contribution in [1.82, 2.24) is 0 Å². The first-order valence-corrected chi connectivity index (χ1v) is 14.1. The Morgan fingerprint density at radius 2 is 0.967 bits per heavy atom. The first-order valence-electron chi connectivity index (χ1n) is 14.1. The van der Waals surface area contributed by atoms with Gasteiger partial charge in [-0.3, -0.25) is 0 Å². The molecule has 0 saturated heterocycles. The molecule has 0 spiro atoms. The molecule has 1 rings (SSSR count). The summed E-state index contributed by atoms with van der Waals surface area (Å²) in [6.45, 7) is 3.51. The van der Waals surface area contributed by atoms with Crippen LogP contribution in [0, 0.1) is 5.92 Å². The van der Waals surface area contributed by atoms with Gasteiger partial charge in [0.2, 0.25) is 0 Å². The van der Waals surface area contributed by atoms with Crippen molar-refractivity contribution in [2.75, 3.05) is 13.2 Å². The lowest BCUT2D eigenvalue weighted by atomic mass is 10.0. The van der Waals surface area contributed by atoms with Gasteiger partial charge in [0, 0.05) is 19.1 Å². The van der Waals surface area contributed by atoms with E-state index in [1.165, 1.54) is 135 Å². The van der Waals surface area contributed by atoms with Crippen LogP contribution in [0.4, 0.5) is 0 Å². The Labute approximate surface area is 189 Å². The number of hydrogen-bond acceptors (Lipinski definition) is 2. The third-order valence-corrected chi connectivity index (χ3v) is 7.15. The number of hydrogen-bond donors (Lipinski definition) is 1. The lowest BCUT2D eigenvalue weighted by Gasteiger charge is -2.18. The van der Waals surface area contributed by atoms with E-state index in [0.717, 1.165) is 19.4 Å². The van der Waals surface area contributed by atoms with Crippen LogP contribution in [0.3, 0.4) is 0 Å². The number of unbranched alkanes of at least 4 members (excludes halogenated alkanes) is 19. The van der Waals surface area contributed by atoms with E-state index in [2.05, 4.69) is 6.92 Å². The van der Waals surface area contributed by atoms with Crippen molar-refractivity contribution in [3.05, 3.63) is 0 Å². The molecular formula is C28H56O2. The Bertz CT molecular complexity index is 331. The molecule has 0 radical (unpaired) electrons. The molecule has 0 heterocycles. The largest absolute Gasteiger partial charge is 0.396 e. The van der Waals surface area contributed by atoms with E-state index in [1.54, 1.807) is 0 Å². The summed E-state index contributed by atoms with van der Waals surface area (Å²) in [6.07, 6.45) is 32.4. The van der Waals surface area contributed by atoms with Crippen LogP contribution in [0.25, 0.3) is 0 Å². The van der Waals surface area contributed by atoms with Crippen LogP contribution in [-0.2, 0) is 4.74 Å². The summed E-state index contributed by atoms with van der Waals surface area (Å²) >= 11 is 0. The zero-order valence-corrected chi connectivity index (χ0v) is 20.7. The summed E-state index contributed by atoms with van der Waals surface area (Å²) in [7, 11) is 0. The molecule has 2 heteroatoms. The molecule has 0 aromatic carbocycles. The highest BCUT2D eigenvalue weighted by atomic mass is 16.5. The molecule has 0 aliphatic heterocycles. The highest BCUT2D eigenvalue weighted by Crippen LogP contribution is 2.28. The molecule has 180 valence electrons. The molecule has 0 aromatic heterocycles. The van der Waals surface area contributed by atoms with Crippen LogP contribution in [0.5, 0.6) is 0 Å². The van der Waals surface area contributed by atoms with Crippen LogP contribution in [0.15, 0.2) is 0 Å². The van der Waals surface area contributed by atoms with E-state index in [4.69, 9.17) is 4.74 Å². The minimum absolute atomic E-state index is 0.309. The fourth-order valence-electron chi connectivity index (χ4n) is 5.02. The van der Waals surface area contributed by atoms with E-state index < -0.39 is 0 Å². The summed E-state index contributed by atoms with van der Waals surface area (Å²) < 4.78 is 5.98. The molecule has 2 nitrogen and oxygen atoms in total. The van der Waals surface area contributed by atoms with E-state index in [1.807, 2.05) is 0 Å². The molecule has 1 saturated carbocycles. The summed E-state index contributed by atoms with van der Waals surface area (Å²) in [4.78, 5) is 0. The van der Waals surface area contributed by atoms with Crippen molar-refractivity contribution in [3.8, 4) is 0 Å². The Kier molecular flexibility index (Phi) is 20.6. The van der Waals surface area contributed by atoms with Gasteiger partial charge in [0.1, 0.15) is 0 Å². The second-order valence-electron chi connectivity index (χ2n) is 10.0. The highest BCUT2D eigenvalue weighted by Gasteiger charge is 2.26. The van der Waals surface area contributed by atoms with E-state index >= 15 is 0 Å². The Morgan fingerprint density at radius 1 is 0.567 bits per heavy atom. The maximum Gasteiger partial charge on any atom is 0.0625 e. The molecular weight excluding hydrogens is 368 g/mol. The minimum atomic E-state index is 0.309. The zero-order valence-electron chi connectivity index (χ0n) is 20.7. The third-order valence-electron chi connectivity index (χ3n) is 7.15. The van der Waals surface area contributed by atoms with Crippen LogP contribution < -0.4 is 0 Å². The molecule has 2 atom stereocenters. The van der Waals surface area contributed by atoms with Gasteiger partial charge in [-0.2, -0.15) is 0 Å². The lowest BCUT2D eigenvalue weighted by Crippen LogP contribution is -2.21. The number of ether oxygens (including phenoxy) is 1. The van der Waals surface area contributed by atoms with Crippen LogP contribution in [0.2, 0.25) is 0 Å². The predicted octanol–water partition coefficient (Wildman–Crippen LogP) is 8.99. The standard InChI is InChI=1S/C28H56O2/c1-2-3-4-5-6-7-8-9-10-11-12-13-14-15-16-17-18-19-20-21-25-30-28-24-22-23-27(28)26-29/h27-29H,2-26H2,1H3/t27-,28-/m0/s1. The van der Waals surface area contributed by atoms with E-state index in [-0.39, 0.29) is 0 Å². The van der Waals surface area contributed by atoms with Gasteiger partial charge in [0.15, 0.2) is 0 Å². The minimum Gasteiger partial charge on any atom is -0.396 e. The van der Waals surface area contributed by atoms with Crippen molar-refractivity contribution in [3.63, 3.8) is 0 Å². The normalized spacial score (nSPS) is 19.0. The number of aliphatic hydroxyl groups excluding tert-OH is 1. The Morgan fingerprint density at radius 3 is 1.37 bits per heavy atom. The highest BCUT2D eigenvalue weighted by molar-refractivity contribution is 4.77. The maximum absolute atomic E-state index is 9.33. The molecule has 0 amide bonds. The second kappa shape index (κ2) is 22.1. The first kappa shape index (κ1) is 28.0. The topological polar surface area (TPSA) is 29.5 Å². The van der Waals surface area contributed by atoms with Crippen molar-refractivity contribution >= 4 is 0 Å². The molecule has 1 aliphatic carbocycles. The van der Waals surface area contributed by atoms with Crippen molar-refractivity contribution in [1.29, 1.82) is 0 Å². The van der Waals surface area contributed by atoms with Crippen molar-refractivity contribution < 1.29 is 9.84 Å². The first-order chi connectivity index (χ1) is 14.9. The number of rotatable bonds is 23. The molecule has 1 N–H and O–H groups in total. The van der Waals surface area contributed by atoms with E-state index in [0.29, 0.717) is 18.6 Å². The second-order valence-corrected chi connectivity index (χ2v) is 10.0. The Balaban J connectivity index is 1.66. The van der Waals surface area contributed by atoms with Crippen molar-refractivity contribution in [2.45, 2.75) is 161 Å². The molecule has 30 heavy (non-hydrogen) atoms. The maximum atomic E-state index is 9.33. The fourth-order valence-corrected chi connectivity index (χ4v) is 5.02. The van der Waals surface area contributed by atoms with Crippen LogP contribution in [0.1, 0.15) is 155 Å². The van der Waals surface area contributed by atoms with Gasteiger partial charge in [-0.25, -0.2) is 0 Å². The average Bonchev–Trinajstić information content (AvgIpc) is 3.22. The summed E-state index contributed by atoms with van der Waals surface area (Å²) in [5, 5.41) is 9.33. The SMILES string of the molecule is CCCCCCCCCCCCCCCCCCCCCCO[C@H]1CCC[C@H]1CO.